The largest absolute Gasteiger partial charge is 0.461 e. The van der Waals surface area contributed by atoms with E-state index in [0.29, 0.717) is 18.3 Å². The standard InChI is InChI=1S/C10H15N3O2/c1-3-15-10(14)8-6-9-11-5-4-7(2)13(9)12-8/h6-7,11H,3-5H2,1-2H3. The van der Waals surface area contributed by atoms with E-state index in [2.05, 4.69) is 17.3 Å². The van der Waals surface area contributed by atoms with Crippen LogP contribution in [-0.2, 0) is 4.74 Å². The fourth-order valence-corrected chi connectivity index (χ4v) is 1.70. The highest BCUT2D eigenvalue weighted by Gasteiger charge is 2.21. The molecule has 1 unspecified atom stereocenters. The summed E-state index contributed by atoms with van der Waals surface area (Å²) in [7, 11) is 0. The maximum Gasteiger partial charge on any atom is 0.358 e. The second kappa shape index (κ2) is 3.92. The molecule has 2 rings (SSSR count). The van der Waals surface area contributed by atoms with Gasteiger partial charge in [-0.3, -0.25) is 0 Å². The number of anilines is 1. The predicted molar refractivity (Wildman–Crippen MR) is 56.0 cm³/mol. The Morgan fingerprint density at radius 2 is 2.60 bits per heavy atom. The molecule has 0 aliphatic carbocycles. The first-order valence-electron chi connectivity index (χ1n) is 5.23. The van der Waals surface area contributed by atoms with E-state index in [1.54, 1.807) is 13.0 Å². The number of carbonyl (C=O) groups excluding carboxylic acids is 1. The van der Waals surface area contributed by atoms with Crippen LogP contribution >= 0.6 is 0 Å². The number of ether oxygens (including phenoxy) is 1. The van der Waals surface area contributed by atoms with Crippen LogP contribution in [0.15, 0.2) is 6.07 Å². The van der Waals surface area contributed by atoms with Crippen LogP contribution < -0.4 is 5.32 Å². The second-order valence-corrected chi connectivity index (χ2v) is 3.64. The summed E-state index contributed by atoms with van der Waals surface area (Å²) in [5, 5.41) is 7.43. The molecule has 0 saturated heterocycles. The van der Waals surface area contributed by atoms with E-state index >= 15 is 0 Å². The van der Waals surface area contributed by atoms with Crippen molar-refractivity contribution < 1.29 is 9.53 Å². The Balaban J connectivity index is 2.25. The zero-order valence-electron chi connectivity index (χ0n) is 8.99. The minimum atomic E-state index is -0.353. The zero-order chi connectivity index (χ0) is 10.8. The molecule has 0 fully saturated rings. The van der Waals surface area contributed by atoms with E-state index in [9.17, 15) is 4.79 Å². The van der Waals surface area contributed by atoms with Gasteiger partial charge in [-0.1, -0.05) is 0 Å². The van der Waals surface area contributed by atoms with Crippen LogP contribution in [0.4, 0.5) is 5.82 Å². The molecule has 0 aromatic carbocycles. The maximum atomic E-state index is 11.4. The first-order valence-corrected chi connectivity index (χ1v) is 5.23. The number of esters is 1. The molecule has 0 bridgehead atoms. The van der Waals surface area contributed by atoms with Gasteiger partial charge in [0.2, 0.25) is 0 Å². The van der Waals surface area contributed by atoms with Crippen molar-refractivity contribution in [3.05, 3.63) is 11.8 Å². The highest BCUT2D eigenvalue weighted by Crippen LogP contribution is 2.23. The lowest BCUT2D eigenvalue weighted by Crippen LogP contribution is -2.21. The summed E-state index contributed by atoms with van der Waals surface area (Å²) in [4.78, 5) is 11.4. The van der Waals surface area contributed by atoms with Crippen LogP contribution in [0.25, 0.3) is 0 Å². The van der Waals surface area contributed by atoms with Crippen molar-refractivity contribution in [3.8, 4) is 0 Å². The number of nitrogens with zero attached hydrogens (tertiary/aromatic N) is 2. The van der Waals surface area contributed by atoms with Gasteiger partial charge in [0.15, 0.2) is 5.69 Å². The fourth-order valence-electron chi connectivity index (χ4n) is 1.70. The SMILES string of the molecule is CCOC(=O)c1cc2n(n1)C(C)CCN2. The number of fused-ring (bicyclic) bond motifs is 1. The monoisotopic (exact) mass is 209 g/mol. The first-order chi connectivity index (χ1) is 7.22. The van der Waals surface area contributed by atoms with E-state index < -0.39 is 0 Å². The van der Waals surface area contributed by atoms with Gasteiger partial charge >= 0.3 is 5.97 Å². The molecule has 82 valence electrons. The van der Waals surface area contributed by atoms with Gasteiger partial charge in [-0.2, -0.15) is 5.10 Å². The molecule has 0 amide bonds. The molecule has 1 atom stereocenters. The van der Waals surface area contributed by atoms with Crippen LogP contribution in [0.5, 0.6) is 0 Å². The van der Waals surface area contributed by atoms with Crippen molar-refractivity contribution in [2.45, 2.75) is 26.3 Å². The third-order valence-electron chi connectivity index (χ3n) is 2.51. The van der Waals surface area contributed by atoms with Crippen molar-refractivity contribution in [3.63, 3.8) is 0 Å². The zero-order valence-corrected chi connectivity index (χ0v) is 8.99. The number of aromatic nitrogens is 2. The van der Waals surface area contributed by atoms with E-state index in [-0.39, 0.29) is 5.97 Å². The normalized spacial score (nSPS) is 19.2. The quantitative estimate of drug-likeness (QED) is 0.749. The predicted octanol–water partition coefficient (Wildman–Crippen LogP) is 1.44. The molecule has 0 saturated carbocycles. The Bertz CT molecular complexity index is 373. The number of carbonyl (C=O) groups is 1. The molecule has 15 heavy (non-hydrogen) atoms. The molecule has 0 spiro atoms. The van der Waals surface area contributed by atoms with Gasteiger partial charge in [-0.25, -0.2) is 9.48 Å². The van der Waals surface area contributed by atoms with E-state index in [4.69, 9.17) is 4.74 Å². The molecule has 1 aliphatic rings. The topological polar surface area (TPSA) is 56.2 Å². The van der Waals surface area contributed by atoms with Crippen molar-refractivity contribution in [1.29, 1.82) is 0 Å². The molecule has 5 heteroatoms. The third-order valence-corrected chi connectivity index (χ3v) is 2.51. The van der Waals surface area contributed by atoms with Gasteiger partial charge in [0, 0.05) is 12.6 Å². The van der Waals surface area contributed by atoms with Crippen molar-refractivity contribution in [1.82, 2.24) is 9.78 Å². The Morgan fingerprint density at radius 3 is 3.27 bits per heavy atom. The third kappa shape index (κ3) is 1.82. The van der Waals surface area contributed by atoms with Gasteiger partial charge in [0.25, 0.3) is 0 Å². The highest BCUT2D eigenvalue weighted by molar-refractivity contribution is 5.88. The Kier molecular flexibility index (Phi) is 2.62. The van der Waals surface area contributed by atoms with Crippen LogP contribution in [-0.4, -0.2) is 28.9 Å². The van der Waals surface area contributed by atoms with Gasteiger partial charge in [0.05, 0.1) is 12.6 Å². The first kappa shape index (κ1) is 10.0. The summed E-state index contributed by atoms with van der Waals surface area (Å²) < 4.78 is 6.74. The molecule has 1 aromatic rings. The molecule has 1 aromatic heterocycles. The minimum Gasteiger partial charge on any atom is -0.461 e. The smallest absolute Gasteiger partial charge is 0.358 e. The molecule has 2 heterocycles. The molecule has 0 radical (unpaired) electrons. The summed E-state index contributed by atoms with van der Waals surface area (Å²) in [6.07, 6.45) is 1.02. The van der Waals surface area contributed by atoms with E-state index in [1.807, 2.05) is 4.68 Å². The Labute approximate surface area is 88.4 Å². The lowest BCUT2D eigenvalue weighted by atomic mass is 10.2. The highest BCUT2D eigenvalue weighted by atomic mass is 16.5. The van der Waals surface area contributed by atoms with Gasteiger partial charge in [-0.05, 0) is 20.3 Å². The molecule has 1 N–H and O–H groups in total. The second-order valence-electron chi connectivity index (χ2n) is 3.64. The van der Waals surface area contributed by atoms with Crippen molar-refractivity contribution in [2.75, 3.05) is 18.5 Å². The Morgan fingerprint density at radius 1 is 1.80 bits per heavy atom. The van der Waals surface area contributed by atoms with Gasteiger partial charge in [-0.15, -0.1) is 0 Å². The van der Waals surface area contributed by atoms with E-state index in [0.717, 1.165) is 18.8 Å². The number of hydrogen-bond donors (Lipinski definition) is 1. The number of nitrogens with one attached hydrogen (secondary N) is 1. The molecule has 1 aliphatic heterocycles. The van der Waals surface area contributed by atoms with Crippen LogP contribution in [0.1, 0.15) is 36.8 Å². The maximum absolute atomic E-state index is 11.4. The fraction of sp³-hybridized carbons (Fsp3) is 0.600. The molecular formula is C10H15N3O2. The van der Waals surface area contributed by atoms with Gasteiger partial charge < -0.3 is 10.1 Å². The summed E-state index contributed by atoms with van der Waals surface area (Å²) in [5.41, 5.74) is 0.383. The number of hydrogen-bond acceptors (Lipinski definition) is 4. The van der Waals surface area contributed by atoms with Crippen LogP contribution in [0.3, 0.4) is 0 Å². The molecular weight excluding hydrogens is 194 g/mol. The van der Waals surface area contributed by atoms with Gasteiger partial charge in [0.1, 0.15) is 5.82 Å². The van der Waals surface area contributed by atoms with Crippen molar-refractivity contribution in [2.24, 2.45) is 0 Å². The summed E-state index contributed by atoms with van der Waals surface area (Å²) in [6.45, 7) is 5.18. The number of rotatable bonds is 2. The lowest BCUT2D eigenvalue weighted by molar-refractivity contribution is 0.0518. The van der Waals surface area contributed by atoms with Crippen LogP contribution in [0, 0.1) is 0 Å². The average Bonchev–Trinajstić information content (AvgIpc) is 2.63. The summed E-state index contributed by atoms with van der Waals surface area (Å²) >= 11 is 0. The Hall–Kier alpha value is -1.52. The molecule has 5 nitrogen and oxygen atoms in total. The van der Waals surface area contributed by atoms with E-state index in [1.165, 1.54) is 0 Å². The van der Waals surface area contributed by atoms with Crippen molar-refractivity contribution >= 4 is 11.8 Å². The summed E-state index contributed by atoms with van der Waals surface area (Å²) in [5.74, 6) is 0.546. The lowest BCUT2D eigenvalue weighted by Gasteiger charge is -2.21. The summed E-state index contributed by atoms with van der Waals surface area (Å²) in [6, 6.07) is 2.08. The van der Waals surface area contributed by atoms with Crippen LogP contribution in [0.2, 0.25) is 0 Å². The average molecular weight is 209 g/mol. The minimum absolute atomic E-state index is 0.337.